The first-order chi connectivity index (χ1) is 11.9. The van der Waals surface area contributed by atoms with Crippen molar-refractivity contribution in [3.05, 3.63) is 22.4 Å². The predicted molar refractivity (Wildman–Crippen MR) is 102 cm³/mol. The standard InChI is InChI=1S/C17H29N3O3S2/c1-4-19(5-2)16(15-8-10-24-13-15)11-18-17(21)14-7-6-9-20(12-14)25(3,22)23/h8,10,13-14,16H,4-7,9,11-12H2,1-3H3,(H,18,21)/t14-,16+/m1/s1. The normalized spacial score (nSPS) is 20.6. The zero-order valence-electron chi connectivity index (χ0n) is 15.3. The van der Waals surface area contributed by atoms with Crippen molar-refractivity contribution >= 4 is 27.3 Å². The van der Waals surface area contributed by atoms with Gasteiger partial charge in [0, 0.05) is 19.6 Å². The van der Waals surface area contributed by atoms with Gasteiger partial charge in [-0.3, -0.25) is 9.69 Å². The summed E-state index contributed by atoms with van der Waals surface area (Å²) in [5.41, 5.74) is 1.22. The number of hydrogen-bond donors (Lipinski definition) is 1. The van der Waals surface area contributed by atoms with E-state index in [4.69, 9.17) is 0 Å². The predicted octanol–water partition coefficient (Wildman–Crippen LogP) is 1.92. The van der Waals surface area contributed by atoms with E-state index in [2.05, 4.69) is 40.9 Å². The summed E-state index contributed by atoms with van der Waals surface area (Å²) >= 11 is 1.66. The maximum Gasteiger partial charge on any atom is 0.224 e. The Hall–Kier alpha value is -0.960. The van der Waals surface area contributed by atoms with E-state index in [9.17, 15) is 13.2 Å². The number of carbonyl (C=O) groups excluding carboxylic acids is 1. The van der Waals surface area contributed by atoms with Gasteiger partial charge in [-0.2, -0.15) is 11.3 Å². The fourth-order valence-electron chi connectivity index (χ4n) is 3.39. The van der Waals surface area contributed by atoms with Crippen molar-refractivity contribution < 1.29 is 13.2 Å². The molecule has 0 spiro atoms. The third-order valence-corrected chi connectivity index (χ3v) is 6.85. The van der Waals surface area contributed by atoms with Crippen LogP contribution >= 0.6 is 11.3 Å². The number of nitrogens with one attached hydrogen (secondary N) is 1. The molecule has 25 heavy (non-hydrogen) atoms. The van der Waals surface area contributed by atoms with Crippen LogP contribution in [0.25, 0.3) is 0 Å². The van der Waals surface area contributed by atoms with Crippen LogP contribution in [-0.2, 0) is 14.8 Å². The Morgan fingerprint density at radius 3 is 2.72 bits per heavy atom. The average molecular weight is 388 g/mol. The van der Waals surface area contributed by atoms with Crippen LogP contribution < -0.4 is 5.32 Å². The summed E-state index contributed by atoms with van der Waals surface area (Å²) in [6, 6.07) is 2.26. The minimum absolute atomic E-state index is 0.0410. The van der Waals surface area contributed by atoms with Crippen molar-refractivity contribution in [2.75, 3.05) is 39.0 Å². The van der Waals surface area contributed by atoms with Gasteiger partial charge in [0.1, 0.15) is 0 Å². The van der Waals surface area contributed by atoms with Crippen molar-refractivity contribution in [1.82, 2.24) is 14.5 Å². The second-order valence-corrected chi connectivity index (χ2v) is 9.26. The van der Waals surface area contributed by atoms with Gasteiger partial charge in [0.25, 0.3) is 0 Å². The molecule has 0 saturated carbocycles. The lowest BCUT2D eigenvalue weighted by Gasteiger charge is -2.32. The lowest BCUT2D eigenvalue weighted by Crippen LogP contribution is -2.46. The van der Waals surface area contributed by atoms with Crippen LogP contribution in [0.15, 0.2) is 16.8 Å². The molecule has 8 heteroatoms. The third-order valence-electron chi connectivity index (χ3n) is 4.87. The molecule has 1 aliphatic rings. The fraction of sp³-hybridized carbons (Fsp3) is 0.706. The zero-order chi connectivity index (χ0) is 18.4. The molecule has 0 aliphatic carbocycles. The molecule has 1 aromatic heterocycles. The van der Waals surface area contributed by atoms with Gasteiger partial charge in [-0.05, 0) is 48.3 Å². The number of rotatable bonds is 8. The van der Waals surface area contributed by atoms with Gasteiger partial charge in [0.05, 0.1) is 18.2 Å². The van der Waals surface area contributed by atoms with E-state index < -0.39 is 10.0 Å². The molecule has 1 fully saturated rings. The monoisotopic (exact) mass is 387 g/mol. The number of amides is 1. The third kappa shape index (κ3) is 5.51. The SMILES string of the molecule is CCN(CC)[C@@H](CNC(=O)[C@@H]1CCCN(S(C)(=O)=O)C1)c1ccsc1. The largest absolute Gasteiger partial charge is 0.354 e. The van der Waals surface area contributed by atoms with E-state index in [1.54, 1.807) is 11.3 Å². The van der Waals surface area contributed by atoms with Crippen molar-refractivity contribution in [2.24, 2.45) is 5.92 Å². The summed E-state index contributed by atoms with van der Waals surface area (Å²) < 4.78 is 24.9. The van der Waals surface area contributed by atoms with Gasteiger partial charge in [0.15, 0.2) is 0 Å². The van der Waals surface area contributed by atoms with Gasteiger partial charge >= 0.3 is 0 Å². The summed E-state index contributed by atoms with van der Waals surface area (Å²) in [4.78, 5) is 14.9. The van der Waals surface area contributed by atoms with Crippen LogP contribution in [0.3, 0.4) is 0 Å². The Kier molecular flexibility index (Phi) is 7.42. The minimum Gasteiger partial charge on any atom is -0.354 e. The molecule has 2 atom stereocenters. The van der Waals surface area contributed by atoms with Crippen LogP contribution in [-0.4, -0.2) is 62.5 Å². The van der Waals surface area contributed by atoms with Crippen molar-refractivity contribution in [3.8, 4) is 0 Å². The molecular formula is C17H29N3O3S2. The molecule has 6 nitrogen and oxygen atoms in total. The second kappa shape index (κ2) is 9.12. The van der Waals surface area contributed by atoms with E-state index in [1.165, 1.54) is 16.1 Å². The summed E-state index contributed by atoms with van der Waals surface area (Å²) in [7, 11) is -3.23. The highest BCUT2D eigenvalue weighted by Gasteiger charge is 2.30. The summed E-state index contributed by atoms with van der Waals surface area (Å²) in [6.07, 6.45) is 2.68. The lowest BCUT2D eigenvalue weighted by atomic mass is 9.98. The number of likely N-dealkylation sites (N-methyl/N-ethyl adjacent to an activating group) is 1. The van der Waals surface area contributed by atoms with E-state index in [1.807, 2.05) is 0 Å². The smallest absolute Gasteiger partial charge is 0.224 e. The number of sulfonamides is 1. The van der Waals surface area contributed by atoms with Gasteiger partial charge in [-0.15, -0.1) is 0 Å². The Labute approximate surface area is 155 Å². The molecule has 0 unspecified atom stereocenters. The molecule has 2 rings (SSSR count). The quantitative estimate of drug-likeness (QED) is 0.740. The number of thiophene rings is 1. The summed E-state index contributed by atoms with van der Waals surface area (Å²) in [5, 5.41) is 7.24. The molecule has 2 heterocycles. The van der Waals surface area contributed by atoms with Gasteiger partial charge in [-0.1, -0.05) is 13.8 Å². The van der Waals surface area contributed by atoms with Crippen LogP contribution in [0.1, 0.15) is 38.3 Å². The number of piperidine rings is 1. The maximum absolute atomic E-state index is 12.6. The second-order valence-electron chi connectivity index (χ2n) is 6.50. The topological polar surface area (TPSA) is 69.7 Å². The summed E-state index contributed by atoms with van der Waals surface area (Å²) in [5.74, 6) is -0.302. The van der Waals surface area contributed by atoms with E-state index in [-0.39, 0.29) is 17.9 Å². The average Bonchev–Trinajstić information content (AvgIpc) is 3.12. The first-order valence-corrected chi connectivity index (χ1v) is 11.6. The van der Waals surface area contributed by atoms with E-state index >= 15 is 0 Å². The summed E-state index contributed by atoms with van der Waals surface area (Å²) in [6.45, 7) is 7.42. The van der Waals surface area contributed by atoms with Gasteiger partial charge < -0.3 is 5.32 Å². The molecule has 0 radical (unpaired) electrons. The van der Waals surface area contributed by atoms with Crippen LogP contribution in [0.4, 0.5) is 0 Å². The van der Waals surface area contributed by atoms with Gasteiger partial charge in [-0.25, -0.2) is 12.7 Å². The number of carbonyl (C=O) groups is 1. The Morgan fingerprint density at radius 2 is 2.16 bits per heavy atom. The van der Waals surface area contributed by atoms with Gasteiger partial charge in [0.2, 0.25) is 15.9 Å². The maximum atomic E-state index is 12.6. The molecule has 1 aliphatic heterocycles. The van der Waals surface area contributed by atoms with E-state index in [0.29, 0.717) is 19.6 Å². The highest BCUT2D eigenvalue weighted by molar-refractivity contribution is 7.88. The number of hydrogen-bond acceptors (Lipinski definition) is 5. The van der Waals surface area contributed by atoms with E-state index in [0.717, 1.165) is 25.9 Å². The Bertz CT molecular complexity index is 642. The van der Waals surface area contributed by atoms with Crippen LogP contribution in [0.5, 0.6) is 0 Å². The highest BCUT2D eigenvalue weighted by atomic mass is 32.2. The minimum atomic E-state index is -3.23. The molecule has 0 bridgehead atoms. The first kappa shape index (κ1) is 20.4. The molecule has 142 valence electrons. The molecule has 1 amide bonds. The molecule has 1 aromatic rings. The Balaban J connectivity index is 1.99. The van der Waals surface area contributed by atoms with Crippen molar-refractivity contribution in [2.45, 2.75) is 32.7 Å². The van der Waals surface area contributed by atoms with Crippen molar-refractivity contribution in [3.63, 3.8) is 0 Å². The molecule has 1 N–H and O–H groups in total. The molecule has 0 aromatic carbocycles. The molecular weight excluding hydrogens is 358 g/mol. The lowest BCUT2D eigenvalue weighted by molar-refractivity contribution is -0.126. The van der Waals surface area contributed by atoms with Crippen LogP contribution in [0, 0.1) is 5.92 Å². The fourth-order valence-corrected chi connectivity index (χ4v) is 5.00. The number of nitrogens with zero attached hydrogens (tertiary/aromatic N) is 2. The highest BCUT2D eigenvalue weighted by Crippen LogP contribution is 2.23. The zero-order valence-corrected chi connectivity index (χ0v) is 16.9. The molecule has 1 saturated heterocycles. The first-order valence-electron chi connectivity index (χ1n) is 8.85. The Morgan fingerprint density at radius 1 is 1.44 bits per heavy atom. The van der Waals surface area contributed by atoms with Crippen LogP contribution in [0.2, 0.25) is 0 Å². The van der Waals surface area contributed by atoms with Crippen molar-refractivity contribution in [1.29, 1.82) is 0 Å².